The zero-order chi connectivity index (χ0) is 42.8. The number of ether oxygens (including phenoxy) is 1. The summed E-state index contributed by atoms with van der Waals surface area (Å²) in [6, 6.07) is 10.3. The molecule has 1 saturated heterocycles. The van der Waals surface area contributed by atoms with Gasteiger partial charge in [-0.1, -0.05) is 6.07 Å². The van der Waals surface area contributed by atoms with Gasteiger partial charge in [0.1, 0.15) is 65.2 Å². The van der Waals surface area contributed by atoms with E-state index in [2.05, 4.69) is 10.3 Å². The van der Waals surface area contributed by atoms with E-state index in [1.807, 2.05) is 17.2 Å². The molecule has 16 heteroatoms. The molecule has 0 radical (unpaired) electrons. The minimum Gasteiger partial charge on any atom is -0.508 e. The first-order chi connectivity index (χ1) is 29.3. The Kier molecular flexibility index (Phi) is 10.7. The van der Waals surface area contributed by atoms with Gasteiger partial charge in [0.05, 0.1) is 24.2 Å². The summed E-state index contributed by atoms with van der Waals surface area (Å²) < 4.78 is 13.6. The molecule has 1 aromatic heterocycles. The number of aliphatic imine (C=N–C) groups is 1. The van der Waals surface area contributed by atoms with Crippen LogP contribution in [-0.4, -0.2) is 109 Å². The molecule has 5 aliphatic rings. The summed E-state index contributed by atoms with van der Waals surface area (Å²) >= 11 is 0. The van der Waals surface area contributed by atoms with Gasteiger partial charge in [-0.05, 0) is 91.8 Å². The number of aromatic hydroxyl groups is 2. The van der Waals surface area contributed by atoms with E-state index in [0.29, 0.717) is 82.4 Å². The Morgan fingerprint density at radius 2 is 1.89 bits per heavy atom. The summed E-state index contributed by atoms with van der Waals surface area (Å²) in [4.78, 5) is 44.8. The summed E-state index contributed by atoms with van der Waals surface area (Å²) in [5, 5.41) is 79.5. The Bertz CT molecular complexity index is 2550. The van der Waals surface area contributed by atoms with Crippen LogP contribution >= 0.6 is 0 Å². The molecule has 8 atom stereocenters. The standard InChI is InChI=1S/C45H49N3O13/c1-23-11-35(52)32-12-27-13-37(61-58-22-44(57,43(56)40(55)36(53)21-49)16-25-4-7-34(51)30-6-5-29(50)15-31(25)30)45(9-2-3-24(17-45)28-14-38(54)47-18-28)60-41(27)39(42(32)59-23)48-19-26-8-10-46-33(26)20-48/h4-8,10-12,15,19,24,28,36-37,40,43,49-51,53,55-57H,2-3,9,13-14,16-18,20-22H2,1H3,(H,47,54). The third-order valence-electron chi connectivity index (χ3n) is 13.1. The largest absolute Gasteiger partial charge is 0.508 e. The molecule has 1 spiro atoms. The lowest BCUT2D eigenvalue weighted by molar-refractivity contribution is -0.374. The van der Waals surface area contributed by atoms with Gasteiger partial charge in [0, 0.05) is 60.8 Å². The van der Waals surface area contributed by atoms with Crippen LogP contribution in [-0.2, 0) is 27.4 Å². The van der Waals surface area contributed by atoms with Gasteiger partial charge in [-0.2, -0.15) is 0 Å². The molecule has 2 fully saturated rings. The normalized spacial score (nSPS) is 25.8. The molecule has 9 rings (SSSR count). The number of aryl methyl sites for hydroxylation is 1. The SMILES string of the molecule is Cc1cc(=O)c2cc3c(c(N4C=C5C=CN=C5C4)c2o1)OC1(CCCC(C2CNC(=O)C2)C1)C(OOCC(O)(Cc1ccc(O)c2ccc(O)cc12)C(O)C(O)C(O)CO)C3. The number of phenols is 2. The molecule has 3 aromatic carbocycles. The van der Waals surface area contributed by atoms with Gasteiger partial charge in [0.2, 0.25) is 5.91 Å². The lowest BCUT2D eigenvalue weighted by Gasteiger charge is -2.49. The maximum Gasteiger partial charge on any atom is 0.220 e. The van der Waals surface area contributed by atoms with Crippen LogP contribution in [0, 0.1) is 18.8 Å². The van der Waals surface area contributed by atoms with Gasteiger partial charge in [-0.15, -0.1) is 0 Å². The van der Waals surface area contributed by atoms with E-state index in [1.165, 1.54) is 36.4 Å². The molecular weight excluding hydrogens is 791 g/mol. The number of carbonyl (C=O) groups is 1. The van der Waals surface area contributed by atoms with Crippen molar-refractivity contribution < 1.29 is 59.5 Å². The number of benzene rings is 3. The van der Waals surface area contributed by atoms with Crippen molar-refractivity contribution >= 4 is 39.0 Å². The monoisotopic (exact) mass is 839 g/mol. The molecule has 0 bridgehead atoms. The molecule has 322 valence electrons. The predicted molar refractivity (Wildman–Crippen MR) is 221 cm³/mol. The molecular formula is C45H49N3O13. The lowest BCUT2D eigenvalue weighted by Crippen LogP contribution is -2.58. The Hall–Kier alpha value is -5.33. The van der Waals surface area contributed by atoms with Crippen molar-refractivity contribution in [3.8, 4) is 17.2 Å². The number of nitrogens with zero attached hydrogens (tertiary/aromatic N) is 2. The summed E-state index contributed by atoms with van der Waals surface area (Å²) in [7, 11) is 0. The first-order valence-corrected chi connectivity index (χ1v) is 20.6. The number of aliphatic hydroxyl groups is 5. The van der Waals surface area contributed by atoms with Gasteiger partial charge in [0.15, 0.2) is 16.8 Å². The summed E-state index contributed by atoms with van der Waals surface area (Å²) in [5.74, 6) is 0.835. The molecule has 1 saturated carbocycles. The zero-order valence-corrected chi connectivity index (χ0v) is 33.5. The van der Waals surface area contributed by atoms with E-state index in [1.54, 1.807) is 19.2 Å². The van der Waals surface area contributed by atoms with E-state index in [4.69, 9.17) is 18.9 Å². The van der Waals surface area contributed by atoms with Crippen LogP contribution in [0.15, 0.2) is 80.7 Å². The minimum atomic E-state index is -2.39. The Labute approximate surface area is 349 Å². The third kappa shape index (κ3) is 7.45. The second-order valence-electron chi connectivity index (χ2n) is 17.2. The first-order valence-electron chi connectivity index (χ1n) is 20.6. The van der Waals surface area contributed by atoms with Gasteiger partial charge in [-0.25, -0.2) is 9.78 Å². The molecule has 8 unspecified atom stereocenters. The number of hydrogen-bond acceptors (Lipinski definition) is 15. The highest BCUT2D eigenvalue weighted by Crippen LogP contribution is 2.52. The van der Waals surface area contributed by atoms with E-state index >= 15 is 0 Å². The number of phenolic OH excluding ortho intramolecular Hbond substituents is 2. The van der Waals surface area contributed by atoms with Crippen molar-refractivity contribution in [3.05, 3.63) is 93.6 Å². The van der Waals surface area contributed by atoms with Crippen LogP contribution in [0.3, 0.4) is 0 Å². The average Bonchev–Trinajstić information content (AvgIpc) is 3.98. The summed E-state index contributed by atoms with van der Waals surface area (Å²) in [5.41, 5.74) is 0.0280. The highest BCUT2D eigenvalue weighted by molar-refractivity contribution is 6.12. The number of anilines is 1. The summed E-state index contributed by atoms with van der Waals surface area (Å²) in [6.07, 6.45) is 1.49. The molecule has 1 aliphatic carbocycles. The lowest BCUT2D eigenvalue weighted by atomic mass is 9.68. The van der Waals surface area contributed by atoms with Crippen LogP contribution in [0.25, 0.3) is 21.7 Å². The van der Waals surface area contributed by atoms with Crippen molar-refractivity contribution in [2.45, 2.75) is 87.5 Å². The van der Waals surface area contributed by atoms with E-state index in [-0.39, 0.29) is 41.1 Å². The maximum atomic E-state index is 13.6. The summed E-state index contributed by atoms with van der Waals surface area (Å²) in [6.45, 7) is 0.983. The second kappa shape index (κ2) is 15.9. The highest BCUT2D eigenvalue weighted by atomic mass is 17.2. The third-order valence-corrected chi connectivity index (χ3v) is 13.1. The number of fused-ring (bicyclic) bond motifs is 4. The fourth-order valence-corrected chi connectivity index (χ4v) is 9.90. The number of allylic oxidation sites excluding steroid dienone is 1. The Morgan fingerprint density at radius 3 is 2.66 bits per heavy atom. The van der Waals surface area contributed by atoms with Crippen LogP contribution in [0.1, 0.15) is 49.0 Å². The zero-order valence-electron chi connectivity index (χ0n) is 33.5. The average molecular weight is 840 g/mol. The van der Waals surface area contributed by atoms with Gasteiger partial charge < -0.3 is 55.1 Å². The van der Waals surface area contributed by atoms with Crippen molar-refractivity contribution in [2.24, 2.45) is 16.8 Å². The molecule has 4 aliphatic heterocycles. The number of hydrogen-bond donors (Lipinski definition) is 8. The number of rotatable bonds is 12. The molecule has 61 heavy (non-hydrogen) atoms. The van der Waals surface area contributed by atoms with Crippen LogP contribution in [0.5, 0.6) is 17.2 Å². The van der Waals surface area contributed by atoms with Gasteiger partial charge in [-0.3, -0.25) is 14.6 Å². The van der Waals surface area contributed by atoms with Crippen molar-refractivity contribution in [3.63, 3.8) is 0 Å². The number of aliphatic hydroxyl groups excluding tert-OH is 4. The Balaban J connectivity index is 1.09. The minimum absolute atomic E-state index is 0.0117. The second-order valence-corrected chi connectivity index (χ2v) is 17.2. The van der Waals surface area contributed by atoms with Gasteiger partial charge in [0.25, 0.3) is 0 Å². The van der Waals surface area contributed by atoms with E-state index in [9.17, 15) is 45.3 Å². The number of carbonyl (C=O) groups excluding carboxylic acids is 1. The smallest absolute Gasteiger partial charge is 0.220 e. The molecule has 5 heterocycles. The topological polar surface area (TPSA) is 244 Å². The van der Waals surface area contributed by atoms with Crippen molar-refractivity contribution in [1.29, 1.82) is 0 Å². The fourth-order valence-electron chi connectivity index (χ4n) is 9.90. The van der Waals surface area contributed by atoms with Gasteiger partial charge >= 0.3 is 0 Å². The van der Waals surface area contributed by atoms with Crippen molar-refractivity contribution in [1.82, 2.24) is 5.32 Å². The first kappa shape index (κ1) is 41.0. The Morgan fingerprint density at radius 1 is 1.05 bits per heavy atom. The van der Waals surface area contributed by atoms with E-state index < -0.39 is 55.3 Å². The van der Waals surface area contributed by atoms with Crippen LogP contribution in [0.2, 0.25) is 0 Å². The highest BCUT2D eigenvalue weighted by Gasteiger charge is 2.53. The molecule has 8 N–H and O–H groups in total. The van der Waals surface area contributed by atoms with Crippen LogP contribution in [0.4, 0.5) is 5.69 Å². The fraction of sp³-hybridized carbons (Fsp3) is 0.444. The quantitative estimate of drug-likeness (QED) is 0.0756. The van der Waals surface area contributed by atoms with Crippen molar-refractivity contribution in [2.75, 3.05) is 31.2 Å². The molecule has 4 aromatic rings. The van der Waals surface area contributed by atoms with E-state index in [0.717, 1.165) is 24.1 Å². The number of amides is 1. The molecule has 16 nitrogen and oxygen atoms in total. The predicted octanol–water partition coefficient (Wildman–Crippen LogP) is 2.70. The maximum absolute atomic E-state index is 13.6. The van der Waals surface area contributed by atoms with Crippen LogP contribution < -0.4 is 20.4 Å². The number of nitrogens with one attached hydrogen (secondary N) is 1. The molecule has 1 amide bonds.